The van der Waals surface area contributed by atoms with Gasteiger partial charge in [0.25, 0.3) is 5.56 Å². The fourth-order valence-corrected chi connectivity index (χ4v) is 4.70. The van der Waals surface area contributed by atoms with Crippen LogP contribution in [0.1, 0.15) is 37.3 Å². The fraction of sp³-hybridized carbons (Fsp3) is 0.250. The van der Waals surface area contributed by atoms with Crippen molar-refractivity contribution in [3.05, 3.63) is 101 Å². The van der Waals surface area contributed by atoms with Crippen LogP contribution in [0, 0.1) is 0 Å². The zero-order valence-electron chi connectivity index (χ0n) is 19.0. The van der Waals surface area contributed by atoms with E-state index in [-0.39, 0.29) is 11.6 Å². The standard InChI is InChI=1S/C28H28N4O2/c33-27-8-4-3-7-26(27)32-14-13-22(15-28(32)34)24-5-1-2-6-25(24)31-16-20-9-11-21(12-10-20)23-17-29-19-30-18-23/h1-2,5-6,9-15,17-19,26-27,31,33H,3-4,7-8,16H2/t26-,27-/m0/s1. The Morgan fingerprint density at radius 2 is 1.68 bits per heavy atom. The number of hydrogen-bond acceptors (Lipinski definition) is 5. The summed E-state index contributed by atoms with van der Waals surface area (Å²) >= 11 is 0. The largest absolute Gasteiger partial charge is 0.391 e. The first-order chi connectivity index (χ1) is 16.7. The van der Waals surface area contributed by atoms with E-state index in [4.69, 9.17) is 0 Å². The number of pyridine rings is 1. The minimum Gasteiger partial charge on any atom is -0.391 e. The van der Waals surface area contributed by atoms with Gasteiger partial charge in [0.2, 0.25) is 0 Å². The quantitative estimate of drug-likeness (QED) is 0.427. The molecule has 5 rings (SSSR count). The van der Waals surface area contributed by atoms with Gasteiger partial charge in [-0.3, -0.25) is 4.79 Å². The highest BCUT2D eigenvalue weighted by Gasteiger charge is 2.25. The molecule has 4 aromatic rings. The Morgan fingerprint density at radius 3 is 2.44 bits per heavy atom. The van der Waals surface area contributed by atoms with E-state index in [1.54, 1.807) is 23.0 Å². The summed E-state index contributed by atoms with van der Waals surface area (Å²) in [5.41, 5.74) is 5.97. The van der Waals surface area contributed by atoms with Crippen molar-refractivity contribution < 1.29 is 5.11 Å². The number of anilines is 1. The van der Waals surface area contributed by atoms with Gasteiger partial charge >= 0.3 is 0 Å². The Kier molecular flexibility index (Phi) is 6.49. The van der Waals surface area contributed by atoms with E-state index >= 15 is 0 Å². The lowest BCUT2D eigenvalue weighted by Gasteiger charge is -2.29. The van der Waals surface area contributed by atoms with Crippen LogP contribution in [0.25, 0.3) is 22.3 Å². The Hall–Kier alpha value is -3.77. The van der Waals surface area contributed by atoms with Gasteiger partial charge in [-0.15, -0.1) is 0 Å². The van der Waals surface area contributed by atoms with Crippen molar-refractivity contribution in [1.82, 2.24) is 14.5 Å². The number of aromatic nitrogens is 3. The second-order valence-corrected chi connectivity index (χ2v) is 8.80. The minimum atomic E-state index is -0.452. The molecule has 0 amide bonds. The van der Waals surface area contributed by atoms with E-state index < -0.39 is 6.10 Å². The van der Waals surface area contributed by atoms with E-state index in [1.165, 1.54) is 6.33 Å². The molecular weight excluding hydrogens is 424 g/mol. The summed E-state index contributed by atoms with van der Waals surface area (Å²) in [5.74, 6) is 0. The maximum Gasteiger partial charge on any atom is 0.251 e. The normalized spacial score (nSPS) is 17.9. The maximum atomic E-state index is 12.9. The number of hydrogen-bond donors (Lipinski definition) is 2. The third-order valence-electron chi connectivity index (χ3n) is 6.57. The van der Waals surface area contributed by atoms with Crippen molar-refractivity contribution in [1.29, 1.82) is 0 Å². The lowest BCUT2D eigenvalue weighted by molar-refractivity contribution is 0.0738. The first-order valence-corrected chi connectivity index (χ1v) is 11.8. The fourth-order valence-electron chi connectivity index (χ4n) is 4.70. The highest BCUT2D eigenvalue weighted by Crippen LogP contribution is 2.30. The topological polar surface area (TPSA) is 80.0 Å². The first kappa shape index (κ1) is 22.0. The van der Waals surface area contributed by atoms with E-state index in [0.717, 1.165) is 59.2 Å². The zero-order chi connectivity index (χ0) is 23.3. The molecule has 2 aromatic heterocycles. The molecule has 1 fully saturated rings. The number of para-hydroxylation sites is 1. The van der Waals surface area contributed by atoms with Crippen LogP contribution < -0.4 is 10.9 Å². The van der Waals surface area contributed by atoms with Gasteiger partial charge in [0.05, 0.1) is 12.1 Å². The Morgan fingerprint density at radius 1 is 0.912 bits per heavy atom. The molecule has 34 heavy (non-hydrogen) atoms. The molecule has 2 N–H and O–H groups in total. The number of benzene rings is 2. The Labute approximate surface area is 199 Å². The third kappa shape index (κ3) is 4.77. The molecule has 2 atom stereocenters. The summed E-state index contributed by atoms with van der Waals surface area (Å²) in [6.45, 7) is 0.661. The van der Waals surface area contributed by atoms with Crippen LogP contribution in [0.15, 0.2) is 90.4 Å². The van der Waals surface area contributed by atoms with Gasteiger partial charge in [-0.25, -0.2) is 9.97 Å². The van der Waals surface area contributed by atoms with Crippen LogP contribution >= 0.6 is 0 Å². The van der Waals surface area contributed by atoms with E-state index in [9.17, 15) is 9.90 Å². The van der Waals surface area contributed by atoms with Crippen molar-refractivity contribution in [2.45, 2.75) is 44.4 Å². The molecule has 0 spiro atoms. The maximum absolute atomic E-state index is 12.9. The zero-order valence-corrected chi connectivity index (χ0v) is 19.0. The van der Waals surface area contributed by atoms with Gasteiger partial charge in [-0.1, -0.05) is 55.3 Å². The van der Waals surface area contributed by atoms with Crippen molar-refractivity contribution in [2.24, 2.45) is 0 Å². The molecule has 0 radical (unpaired) electrons. The lowest BCUT2D eigenvalue weighted by atomic mass is 9.92. The smallest absolute Gasteiger partial charge is 0.251 e. The van der Waals surface area contributed by atoms with Gasteiger partial charge in [0, 0.05) is 48.0 Å². The van der Waals surface area contributed by atoms with Crippen molar-refractivity contribution in [3.63, 3.8) is 0 Å². The molecular formula is C28H28N4O2. The number of nitrogens with zero attached hydrogens (tertiary/aromatic N) is 3. The van der Waals surface area contributed by atoms with E-state index in [0.29, 0.717) is 6.54 Å². The number of aliphatic hydroxyl groups excluding tert-OH is 1. The highest BCUT2D eigenvalue weighted by molar-refractivity contribution is 5.77. The number of rotatable bonds is 6. The van der Waals surface area contributed by atoms with Crippen molar-refractivity contribution in [2.75, 3.05) is 5.32 Å². The molecule has 1 aliphatic carbocycles. The molecule has 6 nitrogen and oxygen atoms in total. The molecule has 1 saturated carbocycles. The number of nitrogens with one attached hydrogen (secondary N) is 1. The minimum absolute atomic E-state index is 0.0706. The van der Waals surface area contributed by atoms with Crippen molar-refractivity contribution in [3.8, 4) is 22.3 Å². The molecule has 0 unspecified atom stereocenters. The average molecular weight is 453 g/mol. The van der Waals surface area contributed by atoms with E-state index in [2.05, 4.69) is 39.6 Å². The van der Waals surface area contributed by atoms with Crippen LogP contribution in [0.2, 0.25) is 0 Å². The number of aliphatic hydroxyl groups is 1. The van der Waals surface area contributed by atoms with Crippen LogP contribution in [-0.4, -0.2) is 25.7 Å². The Balaban J connectivity index is 1.33. The molecule has 6 heteroatoms. The van der Waals surface area contributed by atoms with Crippen LogP contribution in [0.5, 0.6) is 0 Å². The second-order valence-electron chi connectivity index (χ2n) is 8.80. The lowest BCUT2D eigenvalue weighted by Crippen LogP contribution is -2.34. The van der Waals surface area contributed by atoms with Gasteiger partial charge in [-0.05, 0) is 41.7 Å². The monoisotopic (exact) mass is 452 g/mol. The van der Waals surface area contributed by atoms with Gasteiger partial charge < -0.3 is 15.0 Å². The predicted octanol–water partition coefficient (Wildman–Crippen LogP) is 5.06. The summed E-state index contributed by atoms with van der Waals surface area (Å²) in [4.78, 5) is 21.1. The van der Waals surface area contributed by atoms with Crippen molar-refractivity contribution >= 4 is 5.69 Å². The molecule has 172 valence electrons. The summed E-state index contributed by atoms with van der Waals surface area (Å²) in [7, 11) is 0. The predicted molar refractivity (Wildman–Crippen MR) is 134 cm³/mol. The molecule has 1 aliphatic rings. The molecule has 2 heterocycles. The SMILES string of the molecule is O=c1cc(-c2ccccc2NCc2ccc(-c3cncnc3)cc2)ccn1[C@H]1CCCC[C@@H]1O. The summed E-state index contributed by atoms with van der Waals surface area (Å²) in [5, 5.41) is 13.9. The molecule has 0 bridgehead atoms. The van der Waals surface area contributed by atoms with Crippen LogP contribution in [-0.2, 0) is 6.54 Å². The first-order valence-electron chi connectivity index (χ1n) is 11.8. The summed E-state index contributed by atoms with van der Waals surface area (Å²) in [6.07, 6.45) is 10.2. The molecule has 0 saturated heterocycles. The summed E-state index contributed by atoms with van der Waals surface area (Å²) < 4.78 is 1.70. The third-order valence-corrected chi connectivity index (χ3v) is 6.57. The van der Waals surface area contributed by atoms with Crippen LogP contribution in [0.3, 0.4) is 0 Å². The Bertz CT molecular complexity index is 1300. The van der Waals surface area contributed by atoms with Gasteiger partial charge in [0.1, 0.15) is 6.33 Å². The second kappa shape index (κ2) is 10.0. The summed E-state index contributed by atoms with van der Waals surface area (Å²) in [6, 6.07) is 19.9. The average Bonchev–Trinajstić information content (AvgIpc) is 2.89. The molecule has 0 aliphatic heterocycles. The van der Waals surface area contributed by atoms with Gasteiger partial charge in [0.15, 0.2) is 0 Å². The van der Waals surface area contributed by atoms with E-state index in [1.807, 2.05) is 36.5 Å². The highest BCUT2D eigenvalue weighted by atomic mass is 16.3. The van der Waals surface area contributed by atoms with Gasteiger partial charge in [-0.2, -0.15) is 0 Å². The molecule has 2 aromatic carbocycles. The van der Waals surface area contributed by atoms with Crippen LogP contribution in [0.4, 0.5) is 5.69 Å².